The number of benzene rings is 1. The zero-order valence-corrected chi connectivity index (χ0v) is 10.7. The number of carbonyl (C=O) groups excluding carboxylic acids is 1. The minimum absolute atomic E-state index is 0.103. The third kappa shape index (κ3) is 4.33. The Labute approximate surface area is 106 Å². The summed E-state index contributed by atoms with van der Waals surface area (Å²) in [5.74, 6) is -0.600. The lowest BCUT2D eigenvalue weighted by Gasteiger charge is -2.12. The topological polar surface area (TPSA) is 47.6 Å². The standard InChI is InChI=1S/C13H18FNO3/c1-3-15-9-10-5-4-6-11(14)13(10)18-8-7-12(16)17-2/h4-6,15H,3,7-9H2,1-2H3. The van der Waals surface area contributed by atoms with E-state index in [9.17, 15) is 9.18 Å². The van der Waals surface area contributed by atoms with Gasteiger partial charge in [-0.15, -0.1) is 0 Å². The maximum Gasteiger partial charge on any atom is 0.308 e. The lowest BCUT2D eigenvalue weighted by atomic mass is 10.2. The van der Waals surface area contributed by atoms with Gasteiger partial charge in [0.05, 0.1) is 20.1 Å². The molecule has 0 amide bonds. The second kappa shape index (κ2) is 7.66. The van der Waals surface area contributed by atoms with Crippen molar-refractivity contribution in [2.24, 2.45) is 0 Å². The average molecular weight is 255 g/mol. The van der Waals surface area contributed by atoms with Crippen LogP contribution in [0.15, 0.2) is 18.2 Å². The van der Waals surface area contributed by atoms with Gasteiger partial charge in [-0.1, -0.05) is 19.1 Å². The SMILES string of the molecule is CCNCc1cccc(F)c1OCCC(=O)OC. The van der Waals surface area contributed by atoms with E-state index < -0.39 is 5.82 Å². The normalized spacial score (nSPS) is 10.2. The molecule has 0 bridgehead atoms. The largest absolute Gasteiger partial charge is 0.490 e. The molecular formula is C13H18FNO3. The van der Waals surface area contributed by atoms with Crippen LogP contribution in [0.4, 0.5) is 4.39 Å². The molecule has 0 saturated carbocycles. The molecule has 0 aromatic heterocycles. The highest BCUT2D eigenvalue weighted by molar-refractivity contribution is 5.69. The van der Waals surface area contributed by atoms with E-state index in [1.807, 2.05) is 6.92 Å². The van der Waals surface area contributed by atoms with Gasteiger partial charge in [0.2, 0.25) is 0 Å². The predicted molar refractivity (Wildman–Crippen MR) is 65.9 cm³/mol. The van der Waals surface area contributed by atoms with E-state index in [-0.39, 0.29) is 24.7 Å². The number of rotatable bonds is 7. The molecular weight excluding hydrogens is 237 g/mol. The molecule has 0 aliphatic heterocycles. The molecule has 0 saturated heterocycles. The lowest BCUT2D eigenvalue weighted by molar-refractivity contribution is -0.141. The monoisotopic (exact) mass is 255 g/mol. The molecule has 1 N–H and O–H groups in total. The van der Waals surface area contributed by atoms with E-state index in [1.165, 1.54) is 13.2 Å². The Kier molecular flexibility index (Phi) is 6.14. The molecule has 0 fully saturated rings. The fourth-order valence-corrected chi connectivity index (χ4v) is 1.45. The second-order valence-electron chi connectivity index (χ2n) is 3.68. The van der Waals surface area contributed by atoms with Gasteiger partial charge in [-0.25, -0.2) is 4.39 Å². The number of esters is 1. The molecule has 0 spiro atoms. The van der Waals surface area contributed by atoms with Crippen LogP contribution in [0.2, 0.25) is 0 Å². The summed E-state index contributed by atoms with van der Waals surface area (Å²) in [4.78, 5) is 10.9. The summed E-state index contributed by atoms with van der Waals surface area (Å²) in [7, 11) is 1.31. The van der Waals surface area contributed by atoms with Crippen LogP contribution in [0, 0.1) is 5.82 Å². The first kappa shape index (κ1) is 14.4. The number of carbonyl (C=O) groups is 1. The van der Waals surface area contributed by atoms with Gasteiger partial charge in [-0.05, 0) is 12.6 Å². The molecule has 0 aliphatic rings. The third-order valence-electron chi connectivity index (χ3n) is 2.39. The minimum atomic E-state index is -0.421. The van der Waals surface area contributed by atoms with Crippen molar-refractivity contribution >= 4 is 5.97 Å². The van der Waals surface area contributed by atoms with Crippen LogP contribution in [0.25, 0.3) is 0 Å². The summed E-state index contributed by atoms with van der Waals surface area (Å²) in [6, 6.07) is 4.76. The van der Waals surface area contributed by atoms with Gasteiger partial charge in [-0.2, -0.15) is 0 Å². The highest BCUT2D eigenvalue weighted by Crippen LogP contribution is 2.22. The minimum Gasteiger partial charge on any atom is -0.490 e. The maximum atomic E-state index is 13.6. The van der Waals surface area contributed by atoms with E-state index in [1.54, 1.807) is 12.1 Å². The fraction of sp³-hybridized carbons (Fsp3) is 0.462. The maximum absolute atomic E-state index is 13.6. The summed E-state index contributed by atoms with van der Waals surface area (Å²) in [6.45, 7) is 3.39. The number of hydrogen-bond donors (Lipinski definition) is 1. The van der Waals surface area contributed by atoms with Crippen LogP contribution in [0.1, 0.15) is 18.9 Å². The third-order valence-corrected chi connectivity index (χ3v) is 2.39. The number of hydrogen-bond acceptors (Lipinski definition) is 4. The van der Waals surface area contributed by atoms with Gasteiger partial charge >= 0.3 is 5.97 Å². The number of nitrogens with one attached hydrogen (secondary N) is 1. The molecule has 0 heterocycles. The molecule has 1 rings (SSSR count). The first-order valence-corrected chi connectivity index (χ1v) is 5.86. The van der Waals surface area contributed by atoms with Gasteiger partial charge in [0.15, 0.2) is 11.6 Å². The summed E-state index contributed by atoms with van der Waals surface area (Å²) >= 11 is 0. The van der Waals surface area contributed by atoms with Gasteiger partial charge < -0.3 is 14.8 Å². The Morgan fingerprint density at radius 2 is 2.22 bits per heavy atom. The fourth-order valence-electron chi connectivity index (χ4n) is 1.45. The molecule has 1 aromatic carbocycles. The number of para-hydroxylation sites is 1. The molecule has 0 unspecified atom stereocenters. The molecule has 4 nitrogen and oxygen atoms in total. The number of methoxy groups -OCH3 is 1. The molecule has 0 aliphatic carbocycles. The summed E-state index contributed by atoms with van der Waals surface area (Å²) < 4.78 is 23.4. The Hall–Kier alpha value is -1.62. The molecule has 0 radical (unpaired) electrons. The van der Waals surface area contributed by atoms with Crippen LogP contribution < -0.4 is 10.1 Å². The van der Waals surface area contributed by atoms with Crippen molar-refractivity contribution in [3.05, 3.63) is 29.6 Å². The first-order chi connectivity index (χ1) is 8.69. The van der Waals surface area contributed by atoms with Crippen LogP contribution in [0.5, 0.6) is 5.75 Å². The van der Waals surface area contributed by atoms with Crippen molar-refractivity contribution in [3.8, 4) is 5.75 Å². The summed E-state index contributed by atoms with van der Waals surface area (Å²) in [6.07, 6.45) is 0.103. The van der Waals surface area contributed by atoms with Crippen LogP contribution >= 0.6 is 0 Å². The predicted octanol–water partition coefficient (Wildman–Crippen LogP) is 1.88. The van der Waals surface area contributed by atoms with Crippen molar-refractivity contribution < 1.29 is 18.7 Å². The molecule has 5 heteroatoms. The van der Waals surface area contributed by atoms with E-state index in [4.69, 9.17) is 4.74 Å². The van der Waals surface area contributed by atoms with E-state index in [0.29, 0.717) is 6.54 Å². The lowest BCUT2D eigenvalue weighted by Crippen LogP contribution is -2.14. The van der Waals surface area contributed by atoms with Crippen LogP contribution in [0.3, 0.4) is 0 Å². The first-order valence-electron chi connectivity index (χ1n) is 5.86. The summed E-state index contributed by atoms with van der Waals surface area (Å²) in [5, 5.41) is 3.10. The molecule has 0 atom stereocenters. The zero-order chi connectivity index (χ0) is 13.4. The van der Waals surface area contributed by atoms with Crippen molar-refractivity contribution in [2.45, 2.75) is 19.9 Å². The number of ether oxygens (including phenoxy) is 2. The van der Waals surface area contributed by atoms with E-state index in [2.05, 4.69) is 10.1 Å². The number of halogens is 1. The van der Waals surface area contributed by atoms with Crippen LogP contribution in [-0.4, -0.2) is 26.2 Å². The van der Waals surface area contributed by atoms with Gasteiger partial charge in [0, 0.05) is 12.1 Å². The molecule has 1 aromatic rings. The van der Waals surface area contributed by atoms with Gasteiger partial charge in [-0.3, -0.25) is 4.79 Å². The molecule has 100 valence electrons. The second-order valence-corrected chi connectivity index (χ2v) is 3.68. The van der Waals surface area contributed by atoms with Crippen molar-refractivity contribution in [3.63, 3.8) is 0 Å². The zero-order valence-electron chi connectivity index (χ0n) is 10.7. The highest BCUT2D eigenvalue weighted by Gasteiger charge is 2.10. The van der Waals surface area contributed by atoms with Crippen molar-refractivity contribution in [2.75, 3.05) is 20.3 Å². The van der Waals surface area contributed by atoms with E-state index >= 15 is 0 Å². The Balaban J connectivity index is 2.64. The Morgan fingerprint density at radius 3 is 2.89 bits per heavy atom. The Morgan fingerprint density at radius 1 is 1.44 bits per heavy atom. The average Bonchev–Trinajstić information content (AvgIpc) is 2.38. The molecule has 18 heavy (non-hydrogen) atoms. The van der Waals surface area contributed by atoms with Gasteiger partial charge in [0.1, 0.15) is 0 Å². The smallest absolute Gasteiger partial charge is 0.308 e. The van der Waals surface area contributed by atoms with Crippen molar-refractivity contribution in [1.82, 2.24) is 5.32 Å². The highest BCUT2D eigenvalue weighted by atomic mass is 19.1. The quantitative estimate of drug-likeness (QED) is 0.756. The summed E-state index contributed by atoms with van der Waals surface area (Å²) in [5.41, 5.74) is 0.738. The van der Waals surface area contributed by atoms with E-state index in [0.717, 1.165) is 12.1 Å². The Bertz CT molecular complexity index is 396. The van der Waals surface area contributed by atoms with Gasteiger partial charge in [0.25, 0.3) is 0 Å². The van der Waals surface area contributed by atoms with Crippen LogP contribution in [-0.2, 0) is 16.1 Å². The van der Waals surface area contributed by atoms with Crippen molar-refractivity contribution in [1.29, 1.82) is 0 Å².